The van der Waals surface area contributed by atoms with Crippen molar-refractivity contribution < 1.29 is 9.53 Å². The van der Waals surface area contributed by atoms with Crippen LogP contribution in [0.1, 0.15) is 28.1 Å². The number of carbonyl (C=O) groups excluding carboxylic acids is 1. The highest BCUT2D eigenvalue weighted by Crippen LogP contribution is 2.24. The van der Waals surface area contributed by atoms with Gasteiger partial charge in [0.15, 0.2) is 0 Å². The first kappa shape index (κ1) is 18.0. The smallest absolute Gasteiger partial charge is 0.238 e. The van der Waals surface area contributed by atoms with Crippen LogP contribution in [0.25, 0.3) is 0 Å². The minimum atomic E-state index is -0.0490. The summed E-state index contributed by atoms with van der Waals surface area (Å²) >= 11 is 0. The number of likely N-dealkylation sites (N-methyl/N-ethyl adjacent to an activating group) is 1. The number of nitrogens with one attached hydrogen (secondary N) is 2. The minimum absolute atomic E-state index is 0.0490. The number of hydrogen-bond acceptors (Lipinski definition) is 4. The Balaban J connectivity index is 1.98. The fourth-order valence-electron chi connectivity index (χ4n) is 2.98. The molecule has 0 atom stereocenters. The summed E-state index contributed by atoms with van der Waals surface area (Å²) in [6.07, 6.45) is 0. The Morgan fingerprint density at radius 3 is 2.38 bits per heavy atom. The highest BCUT2D eigenvalue weighted by Gasteiger charge is 2.13. The van der Waals surface area contributed by atoms with E-state index in [9.17, 15) is 4.79 Å². The Kier molecular flexibility index (Phi) is 5.62. The number of anilines is 1. The second-order valence-corrected chi connectivity index (χ2v) is 6.29. The highest BCUT2D eigenvalue weighted by atomic mass is 16.5. The van der Waals surface area contributed by atoms with Crippen LogP contribution >= 0.6 is 0 Å². The fourth-order valence-corrected chi connectivity index (χ4v) is 2.98. The van der Waals surface area contributed by atoms with Crippen LogP contribution in [0.15, 0.2) is 12.1 Å². The number of rotatable bonds is 6. The largest absolute Gasteiger partial charge is 0.496 e. The molecule has 0 saturated heterocycles. The maximum absolute atomic E-state index is 12.2. The number of methoxy groups -OCH3 is 1. The quantitative estimate of drug-likeness (QED) is 0.854. The van der Waals surface area contributed by atoms with Gasteiger partial charge in [-0.3, -0.25) is 14.8 Å². The number of ether oxygens (including phenoxy) is 1. The van der Waals surface area contributed by atoms with E-state index in [1.807, 2.05) is 39.6 Å². The van der Waals surface area contributed by atoms with Crippen LogP contribution in [-0.4, -0.2) is 41.7 Å². The third-order valence-electron chi connectivity index (χ3n) is 3.98. The summed E-state index contributed by atoms with van der Waals surface area (Å²) in [5.41, 5.74) is 5.81. The van der Waals surface area contributed by atoms with Gasteiger partial charge in [-0.15, -0.1) is 0 Å². The molecule has 2 aromatic rings. The molecule has 0 fully saturated rings. The first-order valence-electron chi connectivity index (χ1n) is 7.96. The van der Waals surface area contributed by atoms with Gasteiger partial charge in [-0.25, -0.2) is 0 Å². The van der Waals surface area contributed by atoms with E-state index in [1.165, 1.54) is 0 Å². The Morgan fingerprint density at radius 2 is 1.88 bits per heavy atom. The topological polar surface area (TPSA) is 70.2 Å². The van der Waals surface area contributed by atoms with E-state index >= 15 is 0 Å². The average Bonchev–Trinajstić information content (AvgIpc) is 2.78. The monoisotopic (exact) mass is 330 g/mol. The lowest BCUT2D eigenvalue weighted by Crippen LogP contribution is -2.30. The van der Waals surface area contributed by atoms with Crippen molar-refractivity contribution in [1.82, 2.24) is 15.1 Å². The predicted octanol–water partition coefficient (Wildman–Crippen LogP) is 2.72. The highest BCUT2D eigenvalue weighted by molar-refractivity contribution is 5.93. The van der Waals surface area contributed by atoms with E-state index in [1.54, 1.807) is 7.11 Å². The molecule has 130 valence electrons. The molecule has 0 spiro atoms. The van der Waals surface area contributed by atoms with Gasteiger partial charge in [0.2, 0.25) is 5.91 Å². The standard InChI is InChI=1S/C18H26N4O2/c1-11-7-15(8-12(2)18(11)24-6)9-22(5)10-16(23)19-17-13(3)20-21-14(17)4/h7-8H,9-10H2,1-6H3,(H,19,23)(H,20,21). The van der Waals surface area contributed by atoms with Crippen LogP contribution in [0.2, 0.25) is 0 Å². The molecule has 0 radical (unpaired) electrons. The lowest BCUT2D eigenvalue weighted by atomic mass is 10.1. The molecule has 2 N–H and O–H groups in total. The van der Waals surface area contributed by atoms with Gasteiger partial charge < -0.3 is 10.1 Å². The third-order valence-corrected chi connectivity index (χ3v) is 3.98. The number of amides is 1. The fraction of sp³-hybridized carbons (Fsp3) is 0.444. The number of aryl methyl sites for hydroxylation is 4. The van der Waals surface area contributed by atoms with Crippen LogP contribution in [0.5, 0.6) is 5.75 Å². The molecule has 0 bridgehead atoms. The summed E-state index contributed by atoms with van der Waals surface area (Å²) in [4.78, 5) is 14.2. The van der Waals surface area contributed by atoms with E-state index in [0.717, 1.165) is 39.5 Å². The molecule has 0 aliphatic carbocycles. The SMILES string of the molecule is COc1c(C)cc(CN(C)CC(=O)Nc2c(C)n[nH]c2C)cc1C. The second kappa shape index (κ2) is 7.49. The van der Waals surface area contributed by atoms with Crippen molar-refractivity contribution >= 4 is 11.6 Å². The van der Waals surface area contributed by atoms with Crippen molar-refractivity contribution in [1.29, 1.82) is 0 Å². The molecule has 1 amide bonds. The number of aromatic amines is 1. The maximum Gasteiger partial charge on any atom is 0.238 e. The molecule has 24 heavy (non-hydrogen) atoms. The first-order chi connectivity index (χ1) is 11.3. The predicted molar refractivity (Wildman–Crippen MR) is 95.5 cm³/mol. The van der Waals surface area contributed by atoms with Crippen LogP contribution in [0.3, 0.4) is 0 Å². The zero-order valence-corrected chi connectivity index (χ0v) is 15.3. The van der Waals surface area contributed by atoms with Gasteiger partial charge in [-0.05, 0) is 51.4 Å². The number of nitrogens with zero attached hydrogens (tertiary/aromatic N) is 2. The van der Waals surface area contributed by atoms with E-state index in [-0.39, 0.29) is 5.91 Å². The number of H-pyrrole nitrogens is 1. The summed E-state index contributed by atoms with van der Waals surface area (Å²) < 4.78 is 5.39. The van der Waals surface area contributed by atoms with E-state index in [2.05, 4.69) is 27.6 Å². The molecule has 0 aliphatic heterocycles. The molecule has 0 aliphatic rings. The van der Waals surface area contributed by atoms with Crippen molar-refractivity contribution in [2.24, 2.45) is 0 Å². The van der Waals surface area contributed by atoms with Crippen LogP contribution in [-0.2, 0) is 11.3 Å². The second-order valence-electron chi connectivity index (χ2n) is 6.29. The van der Waals surface area contributed by atoms with Crippen molar-refractivity contribution in [3.8, 4) is 5.75 Å². The molecule has 6 nitrogen and oxygen atoms in total. The molecule has 0 saturated carbocycles. The van der Waals surface area contributed by atoms with Crippen molar-refractivity contribution in [2.45, 2.75) is 34.2 Å². The van der Waals surface area contributed by atoms with Gasteiger partial charge in [0.25, 0.3) is 0 Å². The zero-order valence-electron chi connectivity index (χ0n) is 15.3. The van der Waals surface area contributed by atoms with Crippen molar-refractivity contribution in [3.63, 3.8) is 0 Å². The lowest BCUT2D eigenvalue weighted by Gasteiger charge is -2.18. The first-order valence-corrected chi connectivity index (χ1v) is 7.96. The van der Waals surface area contributed by atoms with Gasteiger partial charge in [-0.1, -0.05) is 12.1 Å². The van der Waals surface area contributed by atoms with E-state index in [4.69, 9.17) is 4.74 Å². The van der Waals surface area contributed by atoms with Gasteiger partial charge in [-0.2, -0.15) is 5.10 Å². The normalized spacial score (nSPS) is 11.0. The Hall–Kier alpha value is -2.34. The number of hydrogen-bond donors (Lipinski definition) is 2. The molecule has 6 heteroatoms. The molecule has 1 heterocycles. The number of benzene rings is 1. The van der Waals surface area contributed by atoms with Crippen molar-refractivity contribution in [2.75, 3.05) is 26.0 Å². The molecule has 1 aromatic carbocycles. The van der Waals surface area contributed by atoms with Gasteiger partial charge >= 0.3 is 0 Å². The lowest BCUT2D eigenvalue weighted by molar-refractivity contribution is -0.117. The van der Waals surface area contributed by atoms with Crippen molar-refractivity contribution in [3.05, 3.63) is 40.2 Å². The summed E-state index contributed by atoms with van der Waals surface area (Å²) in [6.45, 7) is 8.84. The number of carbonyl (C=O) groups is 1. The van der Waals surface area contributed by atoms with Crippen LogP contribution < -0.4 is 10.1 Å². The molecule has 0 unspecified atom stereocenters. The van der Waals surface area contributed by atoms with Gasteiger partial charge in [0.1, 0.15) is 5.75 Å². The summed E-state index contributed by atoms with van der Waals surface area (Å²) in [7, 11) is 3.62. The molecule has 2 rings (SSSR count). The summed E-state index contributed by atoms with van der Waals surface area (Å²) in [5, 5.41) is 9.88. The molecular weight excluding hydrogens is 304 g/mol. The van der Waals surface area contributed by atoms with Gasteiger partial charge in [0.05, 0.1) is 30.7 Å². The van der Waals surface area contributed by atoms with Crippen LogP contribution in [0, 0.1) is 27.7 Å². The van der Waals surface area contributed by atoms with E-state index in [0.29, 0.717) is 13.1 Å². The summed E-state index contributed by atoms with van der Waals surface area (Å²) in [6, 6.07) is 4.20. The Labute approximate surface area is 143 Å². The van der Waals surface area contributed by atoms with E-state index < -0.39 is 0 Å². The zero-order chi connectivity index (χ0) is 17.9. The minimum Gasteiger partial charge on any atom is -0.496 e. The Bertz CT molecular complexity index is 694. The third kappa shape index (κ3) is 4.14. The Morgan fingerprint density at radius 1 is 1.25 bits per heavy atom. The maximum atomic E-state index is 12.2. The number of aromatic nitrogens is 2. The van der Waals surface area contributed by atoms with Crippen LogP contribution in [0.4, 0.5) is 5.69 Å². The molecular formula is C18H26N4O2. The molecule has 1 aromatic heterocycles. The van der Waals surface area contributed by atoms with Gasteiger partial charge in [0, 0.05) is 6.54 Å². The summed E-state index contributed by atoms with van der Waals surface area (Å²) in [5.74, 6) is 0.872. The average molecular weight is 330 g/mol.